The normalized spacial score (nSPS) is 22.4. The summed E-state index contributed by atoms with van der Waals surface area (Å²) in [6, 6.07) is 8.52. The summed E-state index contributed by atoms with van der Waals surface area (Å²) >= 11 is 0. The Kier molecular flexibility index (Phi) is 10.8. The summed E-state index contributed by atoms with van der Waals surface area (Å²) in [6.45, 7) is 6.30. The van der Waals surface area contributed by atoms with Gasteiger partial charge in [0.15, 0.2) is 15.8 Å². The second-order valence-electron chi connectivity index (χ2n) is 8.26. The van der Waals surface area contributed by atoms with Gasteiger partial charge in [-0.1, -0.05) is 18.6 Å². The van der Waals surface area contributed by atoms with Gasteiger partial charge in [-0.05, 0) is 62.9 Å². The number of piperidine rings is 1. The first-order chi connectivity index (χ1) is 14.5. The minimum atomic E-state index is -2.85. The molecule has 9 heteroatoms. The van der Waals surface area contributed by atoms with E-state index in [0.717, 1.165) is 37.8 Å². The molecule has 0 spiro atoms. The van der Waals surface area contributed by atoms with E-state index in [1.165, 1.54) is 24.8 Å². The van der Waals surface area contributed by atoms with Crippen molar-refractivity contribution in [2.75, 3.05) is 51.3 Å². The Morgan fingerprint density at radius 3 is 2.48 bits per heavy atom. The molecule has 2 N–H and O–H groups in total. The maximum atomic E-state index is 11.7. The number of halogens is 1. The van der Waals surface area contributed by atoms with E-state index >= 15 is 0 Å². The van der Waals surface area contributed by atoms with Gasteiger partial charge < -0.3 is 15.4 Å². The van der Waals surface area contributed by atoms with Crippen LogP contribution in [-0.4, -0.2) is 70.6 Å². The van der Waals surface area contributed by atoms with Gasteiger partial charge in [0.1, 0.15) is 5.75 Å². The van der Waals surface area contributed by atoms with E-state index in [1.54, 1.807) is 7.11 Å². The largest absolute Gasteiger partial charge is 0.497 e. The predicted octanol–water partition coefficient (Wildman–Crippen LogP) is 2.83. The molecule has 3 rings (SSSR count). The van der Waals surface area contributed by atoms with Gasteiger partial charge in [0, 0.05) is 13.1 Å². The van der Waals surface area contributed by atoms with E-state index in [1.807, 2.05) is 19.1 Å². The number of methoxy groups -OCH3 is 1. The first kappa shape index (κ1) is 26.2. The minimum absolute atomic E-state index is 0. The third kappa shape index (κ3) is 8.09. The van der Waals surface area contributed by atoms with Crippen LogP contribution in [0, 0.1) is 5.92 Å². The molecule has 176 valence electrons. The molecule has 0 radical (unpaired) electrons. The Balaban J connectivity index is 0.00000341. The van der Waals surface area contributed by atoms with Gasteiger partial charge >= 0.3 is 0 Å². The van der Waals surface area contributed by atoms with Crippen LogP contribution < -0.4 is 15.4 Å². The van der Waals surface area contributed by atoms with Crippen molar-refractivity contribution >= 4 is 39.8 Å². The molecule has 1 aromatic carbocycles. The topological polar surface area (TPSA) is 83.0 Å². The summed E-state index contributed by atoms with van der Waals surface area (Å²) in [4.78, 5) is 7.41. The smallest absolute Gasteiger partial charge is 0.191 e. The SMILES string of the molecule is CCNC(=NCC(c1ccc(OC)cc1)N1CCCCC1)NCC1CCS(=O)(=O)C1.I. The Bertz CT molecular complexity index is 795. The number of hydrogen-bond donors (Lipinski definition) is 2. The van der Waals surface area contributed by atoms with Gasteiger partial charge in [0.2, 0.25) is 0 Å². The Hall–Kier alpha value is -1.07. The highest BCUT2D eigenvalue weighted by Gasteiger charge is 2.28. The molecule has 2 saturated heterocycles. The molecule has 2 aliphatic rings. The van der Waals surface area contributed by atoms with Gasteiger partial charge in [0.25, 0.3) is 0 Å². The summed E-state index contributed by atoms with van der Waals surface area (Å²) in [5.41, 5.74) is 1.25. The van der Waals surface area contributed by atoms with Crippen molar-refractivity contribution in [3.8, 4) is 5.75 Å². The predicted molar refractivity (Wildman–Crippen MR) is 137 cm³/mol. The molecule has 7 nitrogen and oxygen atoms in total. The van der Waals surface area contributed by atoms with E-state index < -0.39 is 9.84 Å². The van der Waals surface area contributed by atoms with Crippen molar-refractivity contribution in [3.05, 3.63) is 29.8 Å². The zero-order valence-electron chi connectivity index (χ0n) is 18.7. The molecule has 1 aromatic rings. The van der Waals surface area contributed by atoms with E-state index in [2.05, 4.69) is 27.7 Å². The fourth-order valence-corrected chi connectivity index (χ4v) is 6.14. The van der Waals surface area contributed by atoms with E-state index in [4.69, 9.17) is 9.73 Å². The van der Waals surface area contributed by atoms with Crippen LogP contribution in [0.3, 0.4) is 0 Å². The maximum absolute atomic E-state index is 11.7. The molecule has 0 aromatic heterocycles. The first-order valence-corrected chi connectivity index (χ1v) is 12.9. The van der Waals surface area contributed by atoms with Crippen LogP contribution in [0.4, 0.5) is 0 Å². The second kappa shape index (κ2) is 12.8. The number of guanidine groups is 1. The fourth-order valence-electron chi connectivity index (χ4n) is 4.28. The number of nitrogens with one attached hydrogen (secondary N) is 2. The number of benzene rings is 1. The summed E-state index contributed by atoms with van der Waals surface area (Å²) in [7, 11) is -1.17. The third-order valence-corrected chi connectivity index (χ3v) is 7.82. The van der Waals surface area contributed by atoms with Crippen LogP contribution in [0.15, 0.2) is 29.3 Å². The van der Waals surface area contributed by atoms with E-state index in [-0.39, 0.29) is 41.7 Å². The van der Waals surface area contributed by atoms with Gasteiger partial charge in [-0.15, -0.1) is 24.0 Å². The minimum Gasteiger partial charge on any atom is -0.497 e. The Labute approximate surface area is 204 Å². The number of rotatable bonds is 8. The first-order valence-electron chi connectivity index (χ1n) is 11.1. The summed E-state index contributed by atoms with van der Waals surface area (Å²) in [6.07, 6.45) is 4.48. The molecule has 0 bridgehead atoms. The van der Waals surface area contributed by atoms with Crippen LogP contribution in [0.25, 0.3) is 0 Å². The number of nitrogens with zero attached hydrogens (tertiary/aromatic N) is 2. The number of hydrogen-bond acceptors (Lipinski definition) is 5. The Morgan fingerprint density at radius 2 is 1.90 bits per heavy atom. The van der Waals surface area contributed by atoms with E-state index in [0.29, 0.717) is 18.8 Å². The summed E-state index contributed by atoms with van der Waals surface area (Å²) < 4.78 is 28.7. The van der Waals surface area contributed by atoms with Crippen LogP contribution >= 0.6 is 24.0 Å². The standard InChI is InChI=1S/C22H36N4O3S.HI/c1-3-23-22(24-15-18-11-14-30(27,28)17-18)25-16-21(26-12-5-4-6-13-26)19-7-9-20(29-2)10-8-19;/h7-10,18,21H,3-6,11-17H2,1-2H3,(H2,23,24,25);1H. The molecule has 2 aliphatic heterocycles. The highest BCUT2D eigenvalue weighted by Crippen LogP contribution is 2.26. The van der Waals surface area contributed by atoms with Crippen molar-refractivity contribution in [2.45, 2.75) is 38.6 Å². The molecular weight excluding hydrogens is 527 g/mol. The lowest BCUT2D eigenvalue weighted by molar-refractivity contribution is 0.167. The number of aliphatic imine (C=N–C) groups is 1. The zero-order chi connectivity index (χ0) is 21.4. The molecule has 2 atom stereocenters. The molecule has 2 fully saturated rings. The van der Waals surface area contributed by atoms with Crippen molar-refractivity contribution in [2.24, 2.45) is 10.9 Å². The number of sulfone groups is 1. The lowest BCUT2D eigenvalue weighted by atomic mass is 10.0. The average Bonchev–Trinajstić information content (AvgIpc) is 3.12. The van der Waals surface area contributed by atoms with Crippen molar-refractivity contribution in [1.29, 1.82) is 0 Å². The monoisotopic (exact) mass is 564 g/mol. The molecule has 0 saturated carbocycles. The van der Waals surface area contributed by atoms with Crippen molar-refractivity contribution in [3.63, 3.8) is 0 Å². The molecule has 0 aliphatic carbocycles. The van der Waals surface area contributed by atoms with Crippen LogP contribution in [0.1, 0.15) is 44.2 Å². The number of ether oxygens (including phenoxy) is 1. The highest BCUT2D eigenvalue weighted by atomic mass is 127. The lowest BCUT2D eigenvalue weighted by Crippen LogP contribution is -2.41. The third-order valence-electron chi connectivity index (χ3n) is 5.98. The van der Waals surface area contributed by atoms with Crippen LogP contribution in [-0.2, 0) is 9.84 Å². The van der Waals surface area contributed by atoms with Gasteiger partial charge in [-0.25, -0.2) is 8.42 Å². The second-order valence-corrected chi connectivity index (χ2v) is 10.5. The number of likely N-dealkylation sites (tertiary alicyclic amines) is 1. The van der Waals surface area contributed by atoms with Gasteiger partial charge in [-0.2, -0.15) is 0 Å². The van der Waals surface area contributed by atoms with Gasteiger partial charge in [0.05, 0.1) is 31.2 Å². The summed E-state index contributed by atoms with van der Waals surface area (Å²) in [5.74, 6) is 2.38. The molecular formula is C22H37IN4O3S. The lowest BCUT2D eigenvalue weighted by Gasteiger charge is -2.34. The fraction of sp³-hybridized carbons (Fsp3) is 0.682. The van der Waals surface area contributed by atoms with Crippen molar-refractivity contribution in [1.82, 2.24) is 15.5 Å². The maximum Gasteiger partial charge on any atom is 0.191 e. The molecule has 0 amide bonds. The quantitative estimate of drug-likeness (QED) is 0.287. The average molecular weight is 565 g/mol. The van der Waals surface area contributed by atoms with Gasteiger partial charge in [-0.3, -0.25) is 9.89 Å². The van der Waals surface area contributed by atoms with Crippen LogP contribution in [0.2, 0.25) is 0 Å². The van der Waals surface area contributed by atoms with Crippen LogP contribution in [0.5, 0.6) is 5.75 Å². The highest BCUT2D eigenvalue weighted by molar-refractivity contribution is 14.0. The van der Waals surface area contributed by atoms with Crippen molar-refractivity contribution < 1.29 is 13.2 Å². The summed E-state index contributed by atoms with van der Waals surface area (Å²) in [5, 5.41) is 6.67. The van der Waals surface area contributed by atoms with E-state index in [9.17, 15) is 8.42 Å². The molecule has 2 unspecified atom stereocenters. The molecule has 2 heterocycles. The Morgan fingerprint density at radius 1 is 1.19 bits per heavy atom. The molecule has 31 heavy (non-hydrogen) atoms. The zero-order valence-corrected chi connectivity index (χ0v) is 21.8.